The second-order valence-corrected chi connectivity index (χ2v) is 9.74. The van der Waals surface area contributed by atoms with E-state index in [4.69, 9.17) is 11.6 Å². The van der Waals surface area contributed by atoms with Crippen LogP contribution < -0.4 is 0 Å². The zero-order valence-electron chi connectivity index (χ0n) is 15.1. The SMILES string of the molecule is O=C(CSc1nnnn1C1CCCC1)N1CCN(Cc2ccc(Cl)s2)CC1. The normalized spacial score (nSPS) is 19.1. The van der Waals surface area contributed by atoms with Gasteiger partial charge in [0, 0.05) is 37.6 Å². The van der Waals surface area contributed by atoms with E-state index in [1.54, 1.807) is 11.3 Å². The summed E-state index contributed by atoms with van der Waals surface area (Å²) >= 11 is 9.08. The highest BCUT2D eigenvalue weighted by molar-refractivity contribution is 7.99. The summed E-state index contributed by atoms with van der Waals surface area (Å²) in [5, 5.41) is 12.8. The van der Waals surface area contributed by atoms with Crippen molar-refractivity contribution in [1.29, 1.82) is 0 Å². The topological polar surface area (TPSA) is 67.2 Å². The molecule has 27 heavy (non-hydrogen) atoms. The van der Waals surface area contributed by atoms with Crippen molar-refractivity contribution in [3.8, 4) is 0 Å². The summed E-state index contributed by atoms with van der Waals surface area (Å²) in [6.45, 7) is 4.24. The Morgan fingerprint density at radius 2 is 2.00 bits per heavy atom. The van der Waals surface area contributed by atoms with E-state index >= 15 is 0 Å². The minimum Gasteiger partial charge on any atom is -0.339 e. The van der Waals surface area contributed by atoms with Crippen LogP contribution in [-0.2, 0) is 11.3 Å². The van der Waals surface area contributed by atoms with E-state index in [9.17, 15) is 4.79 Å². The maximum Gasteiger partial charge on any atom is 0.233 e. The number of thioether (sulfide) groups is 1. The van der Waals surface area contributed by atoms with Crippen LogP contribution in [-0.4, -0.2) is 67.8 Å². The Labute approximate surface area is 172 Å². The molecule has 2 aromatic heterocycles. The molecule has 1 saturated heterocycles. The van der Waals surface area contributed by atoms with Crippen LogP contribution in [0, 0.1) is 0 Å². The van der Waals surface area contributed by atoms with Crippen LogP contribution >= 0.6 is 34.7 Å². The van der Waals surface area contributed by atoms with E-state index < -0.39 is 0 Å². The van der Waals surface area contributed by atoms with Crippen molar-refractivity contribution >= 4 is 40.6 Å². The number of thiophene rings is 1. The third-order valence-electron chi connectivity index (χ3n) is 5.19. The van der Waals surface area contributed by atoms with Gasteiger partial charge in [0.15, 0.2) is 0 Å². The molecule has 1 aliphatic heterocycles. The van der Waals surface area contributed by atoms with Crippen molar-refractivity contribution in [3.63, 3.8) is 0 Å². The number of nitrogens with zero attached hydrogens (tertiary/aromatic N) is 6. The zero-order valence-corrected chi connectivity index (χ0v) is 17.5. The van der Waals surface area contributed by atoms with E-state index in [0.717, 1.165) is 55.1 Å². The quantitative estimate of drug-likeness (QED) is 0.661. The number of rotatable bonds is 6. The van der Waals surface area contributed by atoms with Crippen molar-refractivity contribution in [2.24, 2.45) is 0 Å². The Morgan fingerprint density at radius 3 is 2.70 bits per heavy atom. The molecule has 1 saturated carbocycles. The molecule has 3 heterocycles. The van der Waals surface area contributed by atoms with Crippen LogP contribution in [0.3, 0.4) is 0 Å². The zero-order chi connectivity index (χ0) is 18.6. The van der Waals surface area contributed by atoms with E-state index in [1.807, 2.05) is 15.6 Å². The Kier molecular flexibility index (Phi) is 6.31. The second-order valence-electron chi connectivity index (χ2n) is 7.00. The second kappa shape index (κ2) is 8.89. The number of carbonyl (C=O) groups excluding carboxylic acids is 1. The minimum atomic E-state index is 0.166. The summed E-state index contributed by atoms with van der Waals surface area (Å²) in [5.74, 6) is 0.563. The Morgan fingerprint density at radius 1 is 1.22 bits per heavy atom. The van der Waals surface area contributed by atoms with Gasteiger partial charge in [-0.25, -0.2) is 4.68 Å². The molecule has 1 aliphatic carbocycles. The van der Waals surface area contributed by atoms with Crippen LogP contribution in [0.2, 0.25) is 4.34 Å². The van der Waals surface area contributed by atoms with Gasteiger partial charge < -0.3 is 4.90 Å². The molecule has 1 amide bonds. The van der Waals surface area contributed by atoms with Gasteiger partial charge in [0.25, 0.3) is 0 Å². The molecule has 2 aliphatic rings. The van der Waals surface area contributed by atoms with Gasteiger partial charge in [-0.2, -0.15) is 0 Å². The Balaban J connectivity index is 1.23. The summed E-state index contributed by atoms with van der Waals surface area (Å²) < 4.78 is 2.74. The predicted octanol–water partition coefficient (Wildman–Crippen LogP) is 2.94. The van der Waals surface area contributed by atoms with Crippen molar-refractivity contribution < 1.29 is 4.79 Å². The number of amides is 1. The van der Waals surface area contributed by atoms with Gasteiger partial charge in [0.05, 0.1) is 16.1 Å². The highest BCUT2D eigenvalue weighted by atomic mass is 35.5. The molecule has 0 radical (unpaired) electrons. The molecule has 4 rings (SSSR count). The minimum absolute atomic E-state index is 0.166. The van der Waals surface area contributed by atoms with Crippen LogP contribution in [0.15, 0.2) is 17.3 Å². The first-order valence-electron chi connectivity index (χ1n) is 9.34. The average molecular weight is 427 g/mol. The number of tetrazole rings is 1. The number of aromatic nitrogens is 4. The van der Waals surface area contributed by atoms with Gasteiger partial charge in [-0.05, 0) is 35.4 Å². The highest BCUT2D eigenvalue weighted by Gasteiger charge is 2.24. The summed E-state index contributed by atoms with van der Waals surface area (Å²) in [4.78, 5) is 18.2. The number of hydrogen-bond acceptors (Lipinski definition) is 7. The molecule has 10 heteroatoms. The lowest BCUT2D eigenvalue weighted by Gasteiger charge is -2.34. The Bertz CT molecular complexity index is 767. The smallest absolute Gasteiger partial charge is 0.233 e. The number of hydrogen-bond donors (Lipinski definition) is 0. The predicted molar refractivity (Wildman–Crippen MR) is 107 cm³/mol. The standard InChI is InChI=1S/C17H23ClN6OS2/c18-15-6-5-14(27-15)11-22-7-9-23(10-8-22)16(25)12-26-17-19-20-21-24(17)13-3-1-2-4-13/h5-6,13H,1-4,7-12H2. The van der Waals surface area contributed by atoms with Gasteiger partial charge in [-0.15, -0.1) is 16.4 Å². The van der Waals surface area contributed by atoms with Crippen LogP contribution in [0.1, 0.15) is 36.6 Å². The molecular weight excluding hydrogens is 404 g/mol. The first kappa shape index (κ1) is 19.2. The first-order valence-corrected chi connectivity index (χ1v) is 11.5. The molecule has 0 unspecified atom stereocenters. The average Bonchev–Trinajstić information content (AvgIpc) is 3.42. The van der Waals surface area contributed by atoms with Crippen LogP contribution in [0.5, 0.6) is 0 Å². The summed E-state index contributed by atoms with van der Waals surface area (Å²) in [5.41, 5.74) is 0. The fraction of sp³-hybridized carbons (Fsp3) is 0.647. The first-order chi connectivity index (χ1) is 13.2. The van der Waals surface area contributed by atoms with Crippen molar-refractivity contribution in [3.05, 3.63) is 21.3 Å². The van der Waals surface area contributed by atoms with Crippen molar-refractivity contribution in [2.45, 2.75) is 43.4 Å². The maximum absolute atomic E-state index is 12.6. The maximum atomic E-state index is 12.6. The largest absolute Gasteiger partial charge is 0.339 e. The van der Waals surface area contributed by atoms with Crippen LogP contribution in [0.4, 0.5) is 0 Å². The molecule has 0 bridgehead atoms. The summed E-state index contributed by atoms with van der Waals surface area (Å²) in [6, 6.07) is 4.42. The number of halogens is 1. The fourth-order valence-corrected chi connectivity index (χ4v) is 5.67. The van der Waals surface area contributed by atoms with E-state index in [2.05, 4.69) is 26.5 Å². The van der Waals surface area contributed by atoms with E-state index in [-0.39, 0.29) is 5.91 Å². The summed E-state index contributed by atoms with van der Waals surface area (Å²) in [7, 11) is 0. The van der Waals surface area contributed by atoms with E-state index in [0.29, 0.717) is 11.8 Å². The van der Waals surface area contributed by atoms with Gasteiger partial charge >= 0.3 is 0 Å². The molecule has 0 N–H and O–H groups in total. The van der Waals surface area contributed by atoms with Crippen LogP contribution in [0.25, 0.3) is 0 Å². The van der Waals surface area contributed by atoms with Gasteiger partial charge in [0.1, 0.15) is 0 Å². The van der Waals surface area contributed by atoms with Gasteiger partial charge in [-0.1, -0.05) is 36.2 Å². The lowest BCUT2D eigenvalue weighted by atomic mass is 10.3. The van der Waals surface area contributed by atoms with Gasteiger partial charge in [0.2, 0.25) is 11.1 Å². The number of piperazine rings is 1. The molecule has 146 valence electrons. The van der Waals surface area contributed by atoms with Crippen molar-refractivity contribution in [1.82, 2.24) is 30.0 Å². The van der Waals surface area contributed by atoms with Crippen molar-refractivity contribution in [2.75, 3.05) is 31.9 Å². The van der Waals surface area contributed by atoms with E-state index in [1.165, 1.54) is 29.5 Å². The highest BCUT2D eigenvalue weighted by Crippen LogP contribution is 2.31. The molecule has 2 fully saturated rings. The van der Waals surface area contributed by atoms with Gasteiger partial charge in [-0.3, -0.25) is 9.69 Å². The molecule has 0 atom stereocenters. The third-order valence-corrected chi connectivity index (χ3v) is 7.33. The number of carbonyl (C=O) groups is 1. The molecular formula is C17H23ClN6OS2. The molecule has 2 aromatic rings. The monoisotopic (exact) mass is 426 g/mol. The molecule has 0 spiro atoms. The molecule has 7 nitrogen and oxygen atoms in total. The molecule has 0 aromatic carbocycles. The lowest BCUT2D eigenvalue weighted by molar-refractivity contribution is -0.130. The Hall–Kier alpha value is -1.16. The lowest BCUT2D eigenvalue weighted by Crippen LogP contribution is -2.48. The third kappa shape index (κ3) is 4.82. The fourth-order valence-electron chi connectivity index (χ4n) is 3.69. The summed E-state index contributed by atoms with van der Waals surface area (Å²) in [6.07, 6.45) is 4.72.